The van der Waals surface area contributed by atoms with Gasteiger partial charge in [-0.2, -0.15) is 0 Å². The van der Waals surface area contributed by atoms with E-state index in [9.17, 15) is 14.7 Å². The smallest absolute Gasteiger partial charge is 0.481 e. The van der Waals surface area contributed by atoms with E-state index in [1.165, 1.54) is 12.0 Å². The molecule has 226 valence electrons. The van der Waals surface area contributed by atoms with Gasteiger partial charge in [0.2, 0.25) is 11.8 Å². The summed E-state index contributed by atoms with van der Waals surface area (Å²) in [7, 11) is 0.852. The Morgan fingerprint density at radius 3 is 2.28 bits per heavy atom. The van der Waals surface area contributed by atoms with Crippen molar-refractivity contribution < 1.29 is 28.7 Å². The molecule has 2 aliphatic rings. The Labute approximate surface area is 261 Å². The van der Waals surface area contributed by atoms with Crippen molar-refractivity contribution in [3.05, 3.63) is 64.1 Å². The number of carbonyl (C=O) groups is 2. The molecule has 2 fully saturated rings. The number of pyridine rings is 1. The van der Waals surface area contributed by atoms with Crippen LogP contribution in [0.5, 0.6) is 5.88 Å². The van der Waals surface area contributed by atoms with E-state index in [1.807, 2.05) is 64.1 Å². The van der Waals surface area contributed by atoms with Crippen LogP contribution in [0, 0.1) is 0 Å². The Kier molecular flexibility index (Phi) is 8.69. The third kappa shape index (κ3) is 6.20. The zero-order chi connectivity index (χ0) is 31.1. The first-order valence-electron chi connectivity index (χ1n) is 14.1. The Morgan fingerprint density at radius 2 is 1.67 bits per heavy atom. The van der Waals surface area contributed by atoms with Gasteiger partial charge in [0.25, 0.3) is 0 Å². The lowest BCUT2D eigenvalue weighted by molar-refractivity contribution is -0.119. The molecule has 2 N–H and O–H groups in total. The van der Waals surface area contributed by atoms with Gasteiger partial charge in [0.05, 0.1) is 35.6 Å². The maximum atomic E-state index is 12.0. The summed E-state index contributed by atoms with van der Waals surface area (Å²) in [5.74, 6) is 0.209. The summed E-state index contributed by atoms with van der Waals surface area (Å²) in [6, 6.07) is 14.6. The van der Waals surface area contributed by atoms with Crippen molar-refractivity contribution in [2.45, 2.75) is 64.3 Å². The minimum Gasteiger partial charge on any atom is -0.481 e. The quantitative estimate of drug-likeness (QED) is 0.305. The van der Waals surface area contributed by atoms with E-state index in [-0.39, 0.29) is 30.9 Å². The summed E-state index contributed by atoms with van der Waals surface area (Å²) in [6.07, 6.45) is -0.108. The van der Waals surface area contributed by atoms with E-state index in [0.29, 0.717) is 50.7 Å². The monoisotopic (exact) mass is 625 g/mol. The van der Waals surface area contributed by atoms with E-state index in [1.54, 1.807) is 12.1 Å². The van der Waals surface area contributed by atoms with Crippen molar-refractivity contribution in [1.82, 2.24) is 15.2 Å². The highest BCUT2D eigenvalue weighted by molar-refractivity contribution is 6.66. The number of rotatable bonds is 8. The van der Waals surface area contributed by atoms with E-state index >= 15 is 0 Å². The molecular weight excluding hydrogens is 592 g/mol. The van der Waals surface area contributed by atoms with Crippen LogP contribution in [0.15, 0.2) is 48.5 Å². The number of methoxy groups -OCH3 is 1. The summed E-state index contributed by atoms with van der Waals surface area (Å²) < 4.78 is 18.0. The van der Waals surface area contributed by atoms with Crippen molar-refractivity contribution in [3.63, 3.8) is 0 Å². The molecule has 1 unspecified atom stereocenters. The standard InChI is InChI=1S/C31H34BCl2N3O6/c1-30(2)31(3,4)43-32(42-30)23-11-7-9-21(27(23)34)20-8-6-10-22(26(20)33)24-14-12-18(28(36-24)41-5)16-37(29(39)40)17-19-13-15-25(38)35-19/h6-12,14,19H,13,15-17H2,1-5H3,(H,35,38)(H,39,40). The molecule has 2 saturated heterocycles. The summed E-state index contributed by atoms with van der Waals surface area (Å²) in [5.41, 5.74) is 2.91. The van der Waals surface area contributed by atoms with Gasteiger partial charge in [-0.25, -0.2) is 9.78 Å². The third-order valence-electron chi connectivity index (χ3n) is 8.39. The molecule has 3 aromatic rings. The molecule has 0 radical (unpaired) electrons. The highest BCUT2D eigenvalue weighted by Crippen LogP contribution is 2.41. The molecule has 9 nitrogen and oxygen atoms in total. The van der Waals surface area contributed by atoms with Gasteiger partial charge in [0.1, 0.15) is 0 Å². The first kappa shape index (κ1) is 31.1. The Bertz CT molecular complexity index is 1550. The van der Waals surface area contributed by atoms with Crippen molar-refractivity contribution in [3.8, 4) is 28.3 Å². The van der Waals surface area contributed by atoms with Crippen LogP contribution in [0.3, 0.4) is 0 Å². The molecular formula is C31H34BCl2N3O6. The second-order valence-electron chi connectivity index (χ2n) is 11.8. The van der Waals surface area contributed by atoms with Crippen LogP contribution >= 0.6 is 23.2 Å². The lowest BCUT2D eigenvalue weighted by atomic mass is 9.77. The highest BCUT2D eigenvalue weighted by atomic mass is 35.5. The first-order valence-corrected chi connectivity index (χ1v) is 14.8. The van der Waals surface area contributed by atoms with Crippen LogP contribution in [0.25, 0.3) is 22.4 Å². The lowest BCUT2D eigenvalue weighted by Gasteiger charge is -2.32. The van der Waals surface area contributed by atoms with Gasteiger partial charge in [-0.15, -0.1) is 0 Å². The number of amides is 2. The molecule has 0 saturated carbocycles. The van der Waals surface area contributed by atoms with Gasteiger partial charge < -0.3 is 29.4 Å². The average Bonchev–Trinajstić information content (AvgIpc) is 3.46. The molecule has 2 aliphatic heterocycles. The summed E-state index contributed by atoms with van der Waals surface area (Å²) in [5, 5.41) is 13.5. The van der Waals surface area contributed by atoms with Crippen LogP contribution in [0.2, 0.25) is 10.0 Å². The van der Waals surface area contributed by atoms with Gasteiger partial charge >= 0.3 is 13.2 Å². The van der Waals surface area contributed by atoms with E-state index < -0.39 is 24.4 Å². The number of ether oxygens (including phenoxy) is 1. The summed E-state index contributed by atoms with van der Waals surface area (Å²) in [4.78, 5) is 29.5. The molecule has 2 amide bonds. The number of nitrogens with one attached hydrogen (secondary N) is 1. The molecule has 0 spiro atoms. The number of halogens is 2. The number of hydrogen-bond acceptors (Lipinski definition) is 6. The van der Waals surface area contributed by atoms with Crippen LogP contribution in [-0.2, 0) is 20.6 Å². The number of benzene rings is 2. The SMILES string of the molecule is COc1nc(-c2cccc(-c3cccc(B4OC(C)(C)C(C)(C)O4)c3Cl)c2Cl)ccc1CN(CC1CCC(=O)N1)C(=O)O. The number of carboxylic acid groups (broad SMARTS) is 1. The fourth-order valence-corrected chi connectivity index (χ4v) is 5.90. The predicted octanol–water partition coefficient (Wildman–Crippen LogP) is 5.79. The summed E-state index contributed by atoms with van der Waals surface area (Å²) in [6.45, 7) is 8.19. The van der Waals surface area contributed by atoms with Crippen molar-refractivity contribution in [2.75, 3.05) is 13.7 Å². The molecule has 2 aromatic carbocycles. The zero-order valence-electron chi connectivity index (χ0n) is 24.7. The summed E-state index contributed by atoms with van der Waals surface area (Å²) >= 11 is 14.0. The minimum atomic E-state index is -1.09. The van der Waals surface area contributed by atoms with Gasteiger partial charge in [-0.1, -0.05) is 59.6 Å². The molecule has 0 aliphatic carbocycles. The molecule has 43 heavy (non-hydrogen) atoms. The molecule has 0 bridgehead atoms. The van der Waals surface area contributed by atoms with E-state index in [2.05, 4.69) is 10.3 Å². The zero-order valence-corrected chi connectivity index (χ0v) is 26.3. The Balaban J connectivity index is 1.44. The number of carbonyl (C=O) groups excluding carboxylic acids is 1. The van der Waals surface area contributed by atoms with Crippen LogP contribution in [-0.4, -0.2) is 65.0 Å². The minimum absolute atomic E-state index is 0.0489. The molecule has 1 atom stereocenters. The Hall–Kier alpha value is -3.31. The average molecular weight is 626 g/mol. The van der Waals surface area contributed by atoms with Crippen LogP contribution in [0.1, 0.15) is 46.1 Å². The fourth-order valence-electron chi connectivity index (χ4n) is 5.26. The maximum Gasteiger partial charge on any atom is 0.496 e. The van der Waals surface area contributed by atoms with E-state index in [4.69, 9.17) is 37.2 Å². The van der Waals surface area contributed by atoms with Crippen molar-refractivity contribution >= 4 is 47.8 Å². The topological polar surface area (TPSA) is 110 Å². The predicted molar refractivity (Wildman–Crippen MR) is 167 cm³/mol. The molecule has 3 heterocycles. The molecule has 1 aromatic heterocycles. The lowest BCUT2D eigenvalue weighted by Crippen LogP contribution is -2.41. The van der Waals surface area contributed by atoms with Crippen LogP contribution < -0.4 is 15.5 Å². The number of aromatic nitrogens is 1. The molecule has 12 heteroatoms. The van der Waals surface area contributed by atoms with Crippen molar-refractivity contribution in [2.24, 2.45) is 0 Å². The molecule has 5 rings (SSSR count). The normalized spacial score (nSPS) is 18.9. The fraction of sp³-hybridized carbons (Fsp3) is 0.387. The van der Waals surface area contributed by atoms with Gasteiger partial charge in [0, 0.05) is 51.7 Å². The number of nitrogens with zero attached hydrogens (tertiary/aromatic N) is 2. The Morgan fingerprint density at radius 1 is 1.05 bits per heavy atom. The van der Waals surface area contributed by atoms with E-state index in [0.717, 1.165) is 5.56 Å². The van der Waals surface area contributed by atoms with Gasteiger partial charge in [-0.05, 0) is 46.2 Å². The second kappa shape index (κ2) is 12.0. The second-order valence-corrected chi connectivity index (χ2v) is 12.6. The largest absolute Gasteiger partial charge is 0.496 e. The van der Waals surface area contributed by atoms with Crippen LogP contribution in [0.4, 0.5) is 4.79 Å². The van der Waals surface area contributed by atoms with Crippen molar-refractivity contribution in [1.29, 1.82) is 0 Å². The van der Waals surface area contributed by atoms with Gasteiger partial charge in [0.15, 0.2) is 0 Å². The third-order valence-corrected chi connectivity index (χ3v) is 9.22. The van der Waals surface area contributed by atoms with Gasteiger partial charge in [-0.3, -0.25) is 4.79 Å². The highest BCUT2D eigenvalue weighted by Gasteiger charge is 2.52. The number of hydrogen-bond donors (Lipinski definition) is 2. The first-order chi connectivity index (χ1) is 20.3. The maximum absolute atomic E-state index is 12.0.